The van der Waals surface area contributed by atoms with E-state index < -0.39 is 29.5 Å². The first kappa shape index (κ1) is 35.7. The number of hydrogen-bond acceptors (Lipinski definition) is 9. The van der Waals surface area contributed by atoms with Crippen LogP contribution in [0.3, 0.4) is 0 Å². The van der Waals surface area contributed by atoms with Gasteiger partial charge in [-0.1, -0.05) is 0 Å². The minimum atomic E-state index is -4.65. The van der Waals surface area contributed by atoms with Gasteiger partial charge in [0, 0.05) is 24.2 Å². The Hall–Kier alpha value is -4.13. The third-order valence-corrected chi connectivity index (χ3v) is 7.97. The maximum absolute atomic E-state index is 13.9. The summed E-state index contributed by atoms with van der Waals surface area (Å²) in [5, 5.41) is 6.39. The molecule has 0 radical (unpaired) electrons. The molecule has 1 aliphatic rings. The van der Waals surface area contributed by atoms with Crippen LogP contribution < -0.4 is 15.4 Å². The quantitative estimate of drug-likeness (QED) is 0.165. The molecule has 10 nitrogen and oxygen atoms in total. The zero-order chi connectivity index (χ0) is 34.5. The molecule has 4 rings (SSSR count). The lowest BCUT2D eigenvalue weighted by Gasteiger charge is -2.29. The fraction of sp³-hybridized carbons (Fsp3) is 0.529. The Morgan fingerprint density at radius 2 is 1.68 bits per heavy atom. The first-order valence-electron chi connectivity index (χ1n) is 15.6. The topological polar surface area (TPSA) is 121 Å². The summed E-state index contributed by atoms with van der Waals surface area (Å²) in [5.74, 6) is 1.28. The summed E-state index contributed by atoms with van der Waals surface area (Å²) in [6.07, 6.45) is -2.68. The smallest absolute Gasteiger partial charge is 0.416 e. The summed E-state index contributed by atoms with van der Waals surface area (Å²) >= 11 is 0. The van der Waals surface area contributed by atoms with E-state index in [0.29, 0.717) is 54.4 Å². The van der Waals surface area contributed by atoms with Crippen molar-refractivity contribution in [2.45, 2.75) is 84.0 Å². The normalized spacial score (nSPS) is 17.6. The fourth-order valence-electron chi connectivity index (χ4n) is 5.73. The maximum atomic E-state index is 13.9. The van der Waals surface area contributed by atoms with Crippen LogP contribution in [0.5, 0.6) is 5.75 Å². The number of esters is 1. The highest BCUT2D eigenvalue weighted by Gasteiger charge is 2.33. The Morgan fingerprint density at radius 1 is 0.979 bits per heavy atom. The Balaban J connectivity index is 1.71. The first-order valence-corrected chi connectivity index (χ1v) is 15.6. The zero-order valence-corrected chi connectivity index (χ0v) is 27.8. The van der Waals surface area contributed by atoms with Gasteiger partial charge < -0.3 is 24.3 Å². The number of benzene rings is 2. The van der Waals surface area contributed by atoms with Gasteiger partial charge in [0.05, 0.1) is 36.8 Å². The van der Waals surface area contributed by atoms with Crippen molar-refractivity contribution in [2.75, 3.05) is 38.1 Å². The van der Waals surface area contributed by atoms with Crippen LogP contribution in [-0.2, 0) is 25.2 Å². The van der Waals surface area contributed by atoms with E-state index in [1.165, 1.54) is 13.2 Å². The molecule has 0 bridgehead atoms. The van der Waals surface area contributed by atoms with Gasteiger partial charge in [0.25, 0.3) is 0 Å². The van der Waals surface area contributed by atoms with E-state index >= 15 is 0 Å². The van der Waals surface area contributed by atoms with Gasteiger partial charge in [0.15, 0.2) is 0 Å². The van der Waals surface area contributed by atoms with Crippen molar-refractivity contribution in [3.05, 3.63) is 52.8 Å². The summed E-state index contributed by atoms with van der Waals surface area (Å²) in [4.78, 5) is 33.8. The molecule has 0 spiro atoms. The molecule has 2 aromatic carbocycles. The molecule has 256 valence electrons. The van der Waals surface area contributed by atoms with Crippen LogP contribution in [0.25, 0.3) is 10.9 Å². The standard InChI is InChI=1S/C34H43F3N4O6/c1-19(23-14-24(34(35,36)37)16-25(15-23)41-32(43)47-33(3,4)5)38-30-27-17-26(21-8-10-22(11-9-21)31(42)45-7)29(46-13-12-44-6)18-28(27)39-20(2)40-30/h14-19,21-22H,8-13H2,1-7H3,(H,41,43)(H,38,39,40)/t19-,21-,22-/m1/s1. The van der Waals surface area contributed by atoms with Crippen LogP contribution in [0.2, 0.25) is 0 Å². The second-order valence-electron chi connectivity index (χ2n) is 12.8. The molecular formula is C34H43F3N4O6. The monoisotopic (exact) mass is 660 g/mol. The molecule has 0 aliphatic heterocycles. The number of anilines is 2. The van der Waals surface area contributed by atoms with Crippen LogP contribution in [0.1, 0.15) is 87.9 Å². The van der Waals surface area contributed by atoms with Gasteiger partial charge in [-0.2, -0.15) is 13.2 Å². The van der Waals surface area contributed by atoms with Crippen molar-refractivity contribution < 1.29 is 41.7 Å². The largest absolute Gasteiger partial charge is 0.491 e. The van der Waals surface area contributed by atoms with Gasteiger partial charge in [-0.15, -0.1) is 0 Å². The molecule has 47 heavy (non-hydrogen) atoms. The first-order chi connectivity index (χ1) is 22.1. The number of aromatic nitrogens is 2. The molecule has 1 atom stereocenters. The highest BCUT2D eigenvalue weighted by molar-refractivity contribution is 5.91. The van der Waals surface area contributed by atoms with Gasteiger partial charge in [-0.3, -0.25) is 10.1 Å². The lowest BCUT2D eigenvalue weighted by atomic mass is 9.78. The molecule has 0 saturated heterocycles. The van der Waals surface area contributed by atoms with E-state index in [9.17, 15) is 22.8 Å². The Bertz CT molecular complexity index is 1580. The number of carbonyl (C=O) groups is 2. The highest BCUT2D eigenvalue weighted by Crippen LogP contribution is 2.43. The average molecular weight is 661 g/mol. The minimum absolute atomic E-state index is 0.0517. The van der Waals surface area contributed by atoms with Crippen LogP contribution in [0.4, 0.5) is 29.5 Å². The van der Waals surface area contributed by atoms with E-state index in [-0.39, 0.29) is 29.1 Å². The average Bonchev–Trinajstić information content (AvgIpc) is 2.99. The predicted molar refractivity (Wildman–Crippen MR) is 172 cm³/mol. The molecule has 1 fully saturated rings. The molecule has 1 saturated carbocycles. The van der Waals surface area contributed by atoms with Crippen LogP contribution in [-0.4, -0.2) is 55.1 Å². The third kappa shape index (κ3) is 9.46. The third-order valence-electron chi connectivity index (χ3n) is 7.97. The molecule has 1 heterocycles. The molecule has 0 unspecified atom stereocenters. The minimum Gasteiger partial charge on any atom is -0.491 e. The Kier molecular flexibility index (Phi) is 11.2. The van der Waals surface area contributed by atoms with Gasteiger partial charge in [0.2, 0.25) is 0 Å². The number of halogens is 3. The number of aryl methyl sites for hydroxylation is 1. The van der Waals surface area contributed by atoms with Crippen molar-refractivity contribution in [1.82, 2.24) is 9.97 Å². The van der Waals surface area contributed by atoms with Gasteiger partial charge in [-0.05, 0) is 102 Å². The number of rotatable bonds is 10. The van der Waals surface area contributed by atoms with Crippen LogP contribution in [0.15, 0.2) is 30.3 Å². The molecule has 3 aromatic rings. The number of hydrogen-bond donors (Lipinski definition) is 2. The van der Waals surface area contributed by atoms with E-state index in [2.05, 4.69) is 20.6 Å². The number of alkyl halides is 3. The second-order valence-corrected chi connectivity index (χ2v) is 12.8. The Morgan fingerprint density at radius 3 is 2.30 bits per heavy atom. The SMILES string of the molecule is COCCOc1cc2nc(C)nc(N[C@H](C)c3cc(NC(=O)OC(C)(C)C)cc(C(F)(F)F)c3)c2cc1[C@H]1CC[C@H](C(=O)OC)CC1. The van der Waals surface area contributed by atoms with Crippen LogP contribution in [0, 0.1) is 12.8 Å². The molecule has 1 aliphatic carbocycles. The molecule has 1 aromatic heterocycles. The lowest BCUT2D eigenvalue weighted by Crippen LogP contribution is -2.27. The van der Waals surface area contributed by atoms with Crippen LogP contribution >= 0.6 is 0 Å². The van der Waals surface area contributed by atoms with Gasteiger partial charge in [0.1, 0.15) is 29.6 Å². The lowest BCUT2D eigenvalue weighted by molar-refractivity contribution is -0.146. The number of fused-ring (bicyclic) bond motifs is 1. The number of amides is 1. The number of nitrogens with one attached hydrogen (secondary N) is 2. The summed E-state index contributed by atoms with van der Waals surface area (Å²) in [7, 11) is 2.99. The second kappa shape index (κ2) is 14.7. The summed E-state index contributed by atoms with van der Waals surface area (Å²) in [5.41, 5.74) is 0.0103. The fourth-order valence-corrected chi connectivity index (χ4v) is 5.73. The van der Waals surface area contributed by atoms with Crippen molar-refractivity contribution in [2.24, 2.45) is 5.92 Å². The number of nitrogens with zero attached hydrogens (tertiary/aromatic N) is 2. The van der Waals surface area contributed by atoms with Crippen molar-refractivity contribution in [3.8, 4) is 5.75 Å². The summed E-state index contributed by atoms with van der Waals surface area (Å²) in [6.45, 7) is 9.16. The van der Waals surface area contributed by atoms with Gasteiger partial charge >= 0.3 is 18.2 Å². The summed E-state index contributed by atoms with van der Waals surface area (Å²) in [6, 6.07) is 6.55. The Labute approximate surface area is 272 Å². The van der Waals surface area contributed by atoms with E-state index in [1.807, 2.05) is 12.1 Å². The van der Waals surface area contributed by atoms with Crippen molar-refractivity contribution >= 4 is 34.5 Å². The maximum Gasteiger partial charge on any atom is 0.416 e. The number of carbonyl (C=O) groups excluding carboxylic acids is 2. The zero-order valence-electron chi connectivity index (χ0n) is 27.8. The van der Waals surface area contributed by atoms with Crippen molar-refractivity contribution in [1.29, 1.82) is 0 Å². The van der Waals surface area contributed by atoms with E-state index in [1.54, 1.807) is 41.7 Å². The van der Waals surface area contributed by atoms with E-state index in [0.717, 1.165) is 30.5 Å². The predicted octanol–water partition coefficient (Wildman–Crippen LogP) is 7.95. The molecule has 13 heteroatoms. The van der Waals surface area contributed by atoms with E-state index in [4.69, 9.17) is 18.9 Å². The molecule has 2 N–H and O–H groups in total. The number of ether oxygens (including phenoxy) is 4. The number of methoxy groups -OCH3 is 2. The summed E-state index contributed by atoms with van der Waals surface area (Å²) < 4.78 is 63.3. The molecular weight excluding hydrogens is 617 g/mol. The highest BCUT2D eigenvalue weighted by atomic mass is 19.4. The van der Waals surface area contributed by atoms with Crippen molar-refractivity contribution in [3.63, 3.8) is 0 Å². The van der Waals surface area contributed by atoms with Gasteiger partial charge in [-0.25, -0.2) is 14.8 Å². The molecule has 1 amide bonds.